The van der Waals surface area contributed by atoms with Gasteiger partial charge in [-0.25, -0.2) is 0 Å². The Balaban J connectivity index is 2.12. The van der Waals surface area contributed by atoms with Crippen LogP contribution in [0.25, 0.3) is 0 Å². The lowest BCUT2D eigenvalue weighted by Crippen LogP contribution is -2.27. The Morgan fingerprint density at radius 1 is 1.77 bits per heavy atom. The molecule has 13 heavy (non-hydrogen) atoms. The van der Waals surface area contributed by atoms with Crippen LogP contribution in [0.5, 0.6) is 0 Å². The average molecular weight is 198 g/mol. The molecule has 0 saturated carbocycles. The molecule has 0 N–H and O–H groups in total. The fourth-order valence-electron chi connectivity index (χ4n) is 1.19. The van der Waals surface area contributed by atoms with E-state index in [2.05, 4.69) is 5.16 Å². The summed E-state index contributed by atoms with van der Waals surface area (Å²) in [6.07, 6.45) is 0. The van der Waals surface area contributed by atoms with Crippen molar-refractivity contribution in [2.75, 3.05) is 18.2 Å². The lowest BCUT2D eigenvalue weighted by Gasteiger charge is -2.10. The SMILES string of the molecule is Cc1cc(C(=O)N2CCSC2)on1. The molecule has 0 bridgehead atoms. The number of aryl methyl sites for hydroxylation is 1. The number of aromatic nitrogens is 1. The summed E-state index contributed by atoms with van der Waals surface area (Å²) in [5, 5.41) is 3.68. The summed E-state index contributed by atoms with van der Waals surface area (Å²) in [6.45, 7) is 2.61. The first-order valence-corrected chi connectivity index (χ1v) is 5.23. The molecule has 2 rings (SSSR count). The molecule has 0 aromatic carbocycles. The first-order valence-electron chi connectivity index (χ1n) is 4.08. The van der Waals surface area contributed by atoms with Crippen LogP contribution in [0.4, 0.5) is 0 Å². The molecule has 1 fully saturated rings. The van der Waals surface area contributed by atoms with E-state index in [4.69, 9.17) is 4.52 Å². The molecule has 1 saturated heterocycles. The number of carbonyl (C=O) groups excluding carboxylic acids is 1. The van der Waals surface area contributed by atoms with Crippen molar-refractivity contribution in [1.29, 1.82) is 0 Å². The van der Waals surface area contributed by atoms with Gasteiger partial charge in [0.15, 0.2) is 0 Å². The van der Waals surface area contributed by atoms with Gasteiger partial charge in [0.2, 0.25) is 5.76 Å². The highest BCUT2D eigenvalue weighted by Crippen LogP contribution is 2.16. The smallest absolute Gasteiger partial charge is 0.293 e. The number of hydrogen-bond donors (Lipinski definition) is 0. The van der Waals surface area contributed by atoms with E-state index in [-0.39, 0.29) is 5.91 Å². The van der Waals surface area contributed by atoms with Crippen LogP contribution in [0.15, 0.2) is 10.6 Å². The van der Waals surface area contributed by atoms with Gasteiger partial charge in [0, 0.05) is 18.4 Å². The Morgan fingerprint density at radius 2 is 2.62 bits per heavy atom. The summed E-state index contributed by atoms with van der Waals surface area (Å²) >= 11 is 1.75. The predicted molar refractivity (Wildman–Crippen MR) is 49.6 cm³/mol. The maximum atomic E-state index is 11.6. The predicted octanol–water partition coefficient (Wildman–Crippen LogP) is 1.13. The molecule has 5 heteroatoms. The zero-order valence-electron chi connectivity index (χ0n) is 7.32. The van der Waals surface area contributed by atoms with Crippen LogP contribution in [0.3, 0.4) is 0 Å². The zero-order chi connectivity index (χ0) is 9.26. The van der Waals surface area contributed by atoms with Gasteiger partial charge in [-0.05, 0) is 6.92 Å². The Labute approximate surface area is 80.3 Å². The lowest BCUT2D eigenvalue weighted by atomic mass is 10.3. The van der Waals surface area contributed by atoms with Crippen LogP contribution in [0.2, 0.25) is 0 Å². The fourth-order valence-corrected chi connectivity index (χ4v) is 2.14. The summed E-state index contributed by atoms with van der Waals surface area (Å²) in [5.41, 5.74) is 0.746. The van der Waals surface area contributed by atoms with Crippen molar-refractivity contribution < 1.29 is 9.32 Å². The van der Waals surface area contributed by atoms with E-state index in [1.807, 2.05) is 0 Å². The first kappa shape index (κ1) is 8.62. The molecular weight excluding hydrogens is 188 g/mol. The lowest BCUT2D eigenvalue weighted by molar-refractivity contribution is 0.0761. The summed E-state index contributed by atoms with van der Waals surface area (Å²) in [7, 11) is 0. The molecular formula is C8H10N2O2S. The van der Waals surface area contributed by atoms with Gasteiger partial charge in [0.25, 0.3) is 5.91 Å². The van der Waals surface area contributed by atoms with Crippen molar-refractivity contribution in [1.82, 2.24) is 10.1 Å². The van der Waals surface area contributed by atoms with Crippen molar-refractivity contribution in [3.63, 3.8) is 0 Å². The quantitative estimate of drug-likeness (QED) is 0.678. The van der Waals surface area contributed by atoms with E-state index in [1.54, 1.807) is 29.7 Å². The van der Waals surface area contributed by atoms with Crippen molar-refractivity contribution in [3.05, 3.63) is 17.5 Å². The molecule has 1 aromatic heterocycles. The van der Waals surface area contributed by atoms with Crippen molar-refractivity contribution in [3.8, 4) is 0 Å². The third kappa shape index (κ3) is 1.70. The maximum absolute atomic E-state index is 11.6. The number of hydrogen-bond acceptors (Lipinski definition) is 4. The molecule has 0 atom stereocenters. The Kier molecular flexibility index (Phi) is 2.26. The highest BCUT2D eigenvalue weighted by molar-refractivity contribution is 7.99. The number of rotatable bonds is 1. The minimum Gasteiger partial charge on any atom is -0.351 e. The zero-order valence-corrected chi connectivity index (χ0v) is 8.13. The summed E-state index contributed by atoms with van der Waals surface area (Å²) < 4.78 is 4.89. The standard InChI is InChI=1S/C8H10N2O2S/c1-6-4-7(12-9-6)8(11)10-2-3-13-5-10/h4H,2-3,5H2,1H3. The molecule has 0 spiro atoms. The molecule has 1 amide bonds. The molecule has 2 heterocycles. The molecule has 70 valence electrons. The van der Waals surface area contributed by atoms with Gasteiger partial charge in [0.1, 0.15) is 0 Å². The Morgan fingerprint density at radius 3 is 3.15 bits per heavy atom. The molecule has 0 radical (unpaired) electrons. The molecule has 0 aliphatic carbocycles. The van der Waals surface area contributed by atoms with Gasteiger partial charge >= 0.3 is 0 Å². The fraction of sp³-hybridized carbons (Fsp3) is 0.500. The minimum absolute atomic E-state index is 0.0504. The Hall–Kier alpha value is -0.970. The Bertz CT molecular complexity index is 318. The number of nitrogens with zero attached hydrogens (tertiary/aromatic N) is 2. The van der Waals surface area contributed by atoms with E-state index in [9.17, 15) is 4.79 Å². The number of amides is 1. The third-order valence-electron chi connectivity index (χ3n) is 1.88. The highest BCUT2D eigenvalue weighted by Gasteiger charge is 2.22. The van der Waals surface area contributed by atoms with Crippen molar-refractivity contribution >= 4 is 17.7 Å². The monoisotopic (exact) mass is 198 g/mol. The molecule has 1 aromatic rings. The topological polar surface area (TPSA) is 46.3 Å². The van der Waals surface area contributed by atoms with Crippen LogP contribution in [0.1, 0.15) is 16.2 Å². The number of carbonyl (C=O) groups is 1. The van der Waals surface area contributed by atoms with Crippen molar-refractivity contribution in [2.45, 2.75) is 6.92 Å². The van der Waals surface area contributed by atoms with Crippen molar-refractivity contribution in [2.24, 2.45) is 0 Å². The van der Waals surface area contributed by atoms with Crippen LogP contribution in [0, 0.1) is 6.92 Å². The number of thioether (sulfide) groups is 1. The van der Waals surface area contributed by atoms with E-state index in [1.165, 1.54) is 0 Å². The molecule has 4 nitrogen and oxygen atoms in total. The van der Waals surface area contributed by atoms with Crippen LogP contribution in [-0.4, -0.2) is 34.1 Å². The second-order valence-electron chi connectivity index (χ2n) is 2.94. The summed E-state index contributed by atoms with van der Waals surface area (Å²) in [4.78, 5) is 13.4. The summed E-state index contributed by atoms with van der Waals surface area (Å²) in [5.74, 6) is 2.07. The second kappa shape index (κ2) is 3.41. The van der Waals surface area contributed by atoms with Crippen LogP contribution < -0.4 is 0 Å². The molecule has 1 aliphatic heterocycles. The van der Waals surface area contributed by atoms with Gasteiger partial charge < -0.3 is 9.42 Å². The van der Waals surface area contributed by atoms with E-state index >= 15 is 0 Å². The van der Waals surface area contributed by atoms with Crippen LogP contribution in [-0.2, 0) is 0 Å². The van der Waals surface area contributed by atoms with E-state index < -0.39 is 0 Å². The highest BCUT2D eigenvalue weighted by atomic mass is 32.2. The normalized spacial score (nSPS) is 16.5. The summed E-state index contributed by atoms with van der Waals surface area (Å²) in [6, 6.07) is 1.67. The molecule has 0 unspecified atom stereocenters. The van der Waals surface area contributed by atoms with Gasteiger partial charge in [-0.15, -0.1) is 11.8 Å². The third-order valence-corrected chi connectivity index (χ3v) is 2.84. The maximum Gasteiger partial charge on any atom is 0.293 e. The van der Waals surface area contributed by atoms with Gasteiger partial charge in [-0.2, -0.15) is 0 Å². The molecule has 1 aliphatic rings. The largest absolute Gasteiger partial charge is 0.351 e. The van der Waals surface area contributed by atoms with E-state index in [0.29, 0.717) is 5.76 Å². The van der Waals surface area contributed by atoms with E-state index in [0.717, 1.165) is 23.9 Å². The minimum atomic E-state index is -0.0504. The van der Waals surface area contributed by atoms with Crippen LogP contribution >= 0.6 is 11.8 Å². The van der Waals surface area contributed by atoms with Gasteiger partial charge in [0.05, 0.1) is 11.6 Å². The average Bonchev–Trinajstić information content (AvgIpc) is 2.72. The first-order chi connectivity index (χ1) is 6.27. The van der Waals surface area contributed by atoms with Gasteiger partial charge in [-0.3, -0.25) is 4.79 Å². The van der Waals surface area contributed by atoms with Gasteiger partial charge in [-0.1, -0.05) is 5.16 Å². The second-order valence-corrected chi connectivity index (χ2v) is 4.01.